The Morgan fingerprint density at radius 3 is 2.36 bits per heavy atom. The first kappa shape index (κ1) is 31.7. The summed E-state index contributed by atoms with van der Waals surface area (Å²) in [5.74, 6) is -3.34. The highest BCUT2D eigenvalue weighted by Crippen LogP contribution is 2.48. The number of benzene rings is 1. The molecule has 2 heterocycles. The summed E-state index contributed by atoms with van der Waals surface area (Å²) in [4.78, 5) is 42.9. The van der Waals surface area contributed by atoms with Gasteiger partial charge < -0.3 is 20.7 Å². The molecule has 17 heteroatoms. The summed E-state index contributed by atoms with van der Waals surface area (Å²) in [5, 5.41) is 14.3. The molecule has 5 rings (SSSR count). The Kier molecular flexibility index (Phi) is 8.15. The maximum atomic E-state index is 13.8. The van der Waals surface area contributed by atoms with Crippen LogP contribution in [0.15, 0.2) is 24.3 Å². The number of halogens is 2. The third kappa shape index (κ3) is 6.11. The number of tetrazole rings is 1. The Balaban J connectivity index is 1.40. The van der Waals surface area contributed by atoms with Crippen LogP contribution in [0.5, 0.6) is 5.75 Å². The third-order valence-corrected chi connectivity index (χ3v) is 10.3. The van der Waals surface area contributed by atoms with Crippen LogP contribution in [0, 0.1) is 11.3 Å². The number of nitrogens with two attached hydrogens (primary N) is 1. The Morgan fingerprint density at radius 2 is 1.82 bits per heavy atom. The number of alkyl halides is 2. The predicted octanol–water partition coefficient (Wildman–Crippen LogP) is 0.613. The molecule has 2 saturated carbocycles. The van der Waals surface area contributed by atoms with Gasteiger partial charge in [-0.05, 0) is 54.2 Å². The molecule has 2 aliphatic carbocycles. The van der Waals surface area contributed by atoms with Gasteiger partial charge in [0, 0.05) is 18.5 Å². The lowest BCUT2D eigenvalue weighted by atomic mass is 9.86. The highest BCUT2D eigenvalue weighted by molar-refractivity contribution is 7.91. The Hall–Kier alpha value is -3.73. The molecule has 14 nitrogen and oxygen atoms in total. The molecule has 44 heavy (non-hydrogen) atoms. The first-order chi connectivity index (χ1) is 20.6. The van der Waals surface area contributed by atoms with Gasteiger partial charge in [-0.1, -0.05) is 20.8 Å². The molecule has 3 fully saturated rings. The molecule has 0 spiro atoms. The third-order valence-electron chi connectivity index (χ3n) is 8.44. The quantitative estimate of drug-likeness (QED) is 0.332. The van der Waals surface area contributed by atoms with Crippen LogP contribution >= 0.6 is 0 Å². The van der Waals surface area contributed by atoms with Crippen molar-refractivity contribution in [3.63, 3.8) is 0 Å². The number of amides is 3. The number of sulfonamides is 1. The minimum atomic E-state index is -4.07. The van der Waals surface area contributed by atoms with E-state index in [2.05, 4.69) is 20.7 Å². The average Bonchev–Trinajstić information content (AvgIpc) is 3.85. The summed E-state index contributed by atoms with van der Waals surface area (Å²) in [6, 6.07) is 4.04. The van der Waals surface area contributed by atoms with Crippen LogP contribution in [0.4, 0.5) is 8.78 Å². The van der Waals surface area contributed by atoms with Crippen LogP contribution in [0.1, 0.15) is 52.5 Å². The fraction of sp³-hybridized carbons (Fsp3) is 0.630. The Morgan fingerprint density at radius 1 is 1.16 bits per heavy atom. The summed E-state index contributed by atoms with van der Waals surface area (Å²) < 4.78 is 59.5. The van der Waals surface area contributed by atoms with Gasteiger partial charge in [0.2, 0.25) is 34.1 Å². The smallest absolute Gasteiger partial charge is 0.259 e. The Labute approximate surface area is 253 Å². The van der Waals surface area contributed by atoms with Gasteiger partial charge >= 0.3 is 0 Å². The molecule has 5 atom stereocenters. The van der Waals surface area contributed by atoms with Gasteiger partial charge in [-0.25, -0.2) is 17.2 Å². The van der Waals surface area contributed by atoms with Crippen LogP contribution < -0.4 is 20.5 Å². The number of nitrogens with zero attached hydrogens (tertiary/aromatic N) is 5. The zero-order chi connectivity index (χ0) is 32.2. The minimum Gasteiger partial charge on any atom is -0.497 e. The van der Waals surface area contributed by atoms with Crippen molar-refractivity contribution in [2.75, 3.05) is 13.7 Å². The summed E-state index contributed by atoms with van der Waals surface area (Å²) >= 11 is 0. The zero-order valence-corrected chi connectivity index (χ0v) is 25.6. The van der Waals surface area contributed by atoms with E-state index in [1.165, 1.54) is 16.8 Å². The molecule has 0 radical (unpaired) electrons. The minimum absolute atomic E-state index is 0.0374. The van der Waals surface area contributed by atoms with Crippen LogP contribution in [0.3, 0.4) is 0 Å². The van der Waals surface area contributed by atoms with Crippen molar-refractivity contribution in [3.8, 4) is 17.1 Å². The molecule has 240 valence electrons. The van der Waals surface area contributed by atoms with E-state index in [0.29, 0.717) is 24.2 Å². The number of aromatic nitrogens is 4. The molecular weight excluding hydrogens is 602 g/mol. The lowest BCUT2D eigenvalue weighted by Gasteiger charge is -2.33. The molecule has 3 aliphatic rings. The molecule has 1 aliphatic heterocycles. The van der Waals surface area contributed by atoms with E-state index in [9.17, 15) is 31.6 Å². The fourth-order valence-electron chi connectivity index (χ4n) is 5.30. The van der Waals surface area contributed by atoms with Crippen molar-refractivity contribution in [2.24, 2.45) is 17.1 Å². The number of carbonyl (C=O) groups is 3. The Bertz CT molecular complexity index is 1540. The molecule has 0 unspecified atom stereocenters. The largest absolute Gasteiger partial charge is 0.497 e. The van der Waals surface area contributed by atoms with Crippen molar-refractivity contribution in [3.05, 3.63) is 24.3 Å². The first-order valence-corrected chi connectivity index (χ1v) is 15.8. The second-order valence-corrected chi connectivity index (χ2v) is 14.6. The lowest BCUT2D eigenvalue weighted by molar-refractivity contribution is -0.142. The number of hydrogen-bond acceptors (Lipinski definition) is 10. The van der Waals surface area contributed by atoms with Gasteiger partial charge in [-0.3, -0.25) is 19.1 Å². The number of ether oxygens (including phenoxy) is 1. The molecule has 1 aromatic heterocycles. The first-order valence-electron chi connectivity index (χ1n) is 14.2. The van der Waals surface area contributed by atoms with E-state index in [-0.39, 0.29) is 18.8 Å². The number of rotatable bonds is 10. The number of methoxy groups -OCH3 is 1. The van der Waals surface area contributed by atoms with E-state index in [0.717, 1.165) is 0 Å². The molecule has 2 aromatic rings. The number of carbonyl (C=O) groups excluding carboxylic acids is 3. The van der Waals surface area contributed by atoms with Crippen LogP contribution in [0.2, 0.25) is 0 Å². The predicted molar refractivity (Wildman–Crippen MR) is 151 cm³/mol. The highest BCUT2D eigenvalue weighted by atomic mass is 32.2. The maximum Gasteiger partial charge on any atom is 0.259 e. The van der Waals surface area contributed by atoms with E-state index < -0.39 is 80.8 Å². The molecule has 4 N–H and O–H groups in total. The van der Waals surface area contributed by atoms with Crippen molar-refractivity contribution in [1.29, 1.82) is 0 Å². The molecule has 0 bridgehead atoms. The van der Waals surface area contributed by atoms with Crippen molar-refractivity contribution in [1.82, 2.24) is 35.1 Å². The summed E-state index contributed by atoms with van der Waals surface area (Å²) in [7, 11) is -2.53. The van der Waals surface area contributed by atoms with Gasteiger partial charge in [-0.15, -0.1) is 10.2 Å². The molecular formula is C27H36F2N8O6S. The van der Waals surface area contributed by atoms with Gasteiger partial charge in [0.15, 0.2) is 0 Å². The van der Waals surface area contributed by atoms with Gasteiger partial charge in [-0.2, -0.15) is 4.80 Å². The van der Waals surface area contributed by atoms with E-state index in [1.54, 1.807) is 45.0 Å². The lowest BCUT2D eigenvalue weighted by Crippen LogP contribution is -2.59. The van der Waals surface area contributed by atoms with E-state index >= 15 is 0 Å². The average molecular weight is 639 g/mol. The summed E-state index contributed by atoms with van der Waals surface area (Å²) in [5.41, 5.74) is 4.09. The van der Waals surface area contributed by atoms with Gasteiger partial charge in [0.05, 0.1) is 30.4 Å². The monoisotopic (exact) mass is 638 g/mol. The van der Waals surface area contributed by atoms with Gasteiger partial charge in [0.25, 0.3) is 5.91 Å². The van der Waals surface area contributed by atoms with Crippen LogP contribution in [-0.4, -0.2) is 94.2 Å². The number of hydrogen-bond donors (Lipinski definition) is 3. The zero-order valence-electron chi connectivity index (χ0n) is 24.7. The normalized spacial score (nSPS) is 25.9. The molecule has 3 amide bonds. The van der Waals surface area contributed by atoms with Crippen molar-refractivity contribution < 1.29 is 36.3 Å². The number of nitrogens with one attached hydrogen (secondary N) is 2. The maximum absolute atomic E-state index is 13.8. The molecule has 1 saturated heterocycles. The van der Waals surface area contributed by atoms with Crippen molar-refractivity contribution in [2.45, 2.75) is 81.8 Å². The van der Waals surface area contributed by atoms with Crippen LogP contribution in [-0.2, 0) is 24.4 Å². The van der Waals surface area contributed by atoms with Crippen molar-refractivity contribution >= 4 is 27.7 Å². The standard InChI is InChI=1S/C27H36F2N8O6S/c1-26(2,3)20(30)24(39)36-13-15(37-33-22(32-35-37)14-5-7-16(43-4)8-6-14)11-19(36)23(38)31-27(12-18(27)21(28)29)25(40)34-44(41,42)17-9-10-17/h5-8,15,17-21H,9-13,30H2,1-4H3,(H,31,38)(H,34,40)/t15-,18+,19+,20-,27-/m1/s1. The highest BCUT2D eigenvalue weighted by Gasteiger charge is 2.66. The second kappa shape index (κ2) is 11.3. The SMILES string of the molecule is COc1ccc(-c2nnn([C@@H]3C[C@@H](C(=O)N[C@]4(C(=O)NS(=O)(=O)C5CC5)C[C@H]4C(F)F)N(C(=O)[C@@H](N)C(C)(C)C)C3)n2)cc1. The fourth-order valence-corrected chi connectivity index (χ4v) is 6.66. The van der Waals surface area contributed by atoms with Crippen LogP contribution in [0.25, 0.3) is 11.4 Å². The van der Waals surface area contributed by atoms with E-state index in [1.807, 2.05) is 4.72 Å². The second-order valence-electron chi connectivity index (χ2n) is 12.7. The van der Waals surface area contributed by atoms with E-state index in [4.69, 9.17) is 10.5 Å². The molecule has 1 aromatic carbocycles. The van der Waals surface area contributed by atoms with Gasteiger partial charge in [0.1, 0.15) is 17.3 Å². The topological polar surface area (TPSA) is 192 Å². The number of likely N-dealkylation sites (tertiary alicyclic amines) is 1. The summed E-state index contributed by atoms with van der Waals surface area (Å²) in [6.45, 7) is 5.23. The summed E-state index contributed by atoms with van der Waals surface area (Å²) in [6.07, 6.45) is -2.78.